The van der Waals surface area contributed by atoms with Crippen LogP contribution in [0.1, 0.15) is 47.0 Å². The number of rotatable bonds is 5. The first-order valence-corrected chi connectivity index (χ1v) is 6.62. The first-order valence-electron chi connectivity index (χ1n) is 6.62. The average molecular weight is 212 g/mol. The maximum absolute atomic E-state index is 3.61. The van der Waals surface area contributed by atoms with Gasteiger partial charge in [-0.25, -0.2) is 0 Å². The summed E-state index contributed by atoms with van der Waals surface area (Å²) >= 11 is 0. The lowest BCUT2D eigenvalue weighted by atomic mass is 9.99. The van der Waals surface area contributed by atoms with E-state index < -0.39 is 0 Å². The fourth-order valence-corrected chi connectivity index (χ4v) is 2.45. The van der Waals surface area contributed by atoms with E-state index in [1.807, 2.05) is 0 Å². The first-order chi connectivity index (χ1) is 7.15. The van der Waals surface area contributed by atoms with Gasteiger partial charge >= 0.3 is 0 Å². The van der Waals surface area contributed by atoms with E-state index in [0.29, 0.717) is 6.04 Å². The zero-order valence-electron chi connectivity index (χ0n) is 10.9. The molecule has 0 aromatic carbocycles. The Labute approximate surface area is 95.4 Å². The lowest BCUT2D eigenvalue weighted by Gasteiger charge is -2.37. The monoisotopic (exact) mass is 212 g/mol. The Balaban J connectivity index is 2.41. The molecule has 1 N–H and O–H groups in total. The Kier molecular flexibility index (Phi) is 5.62. The molecule has 90 valence electrons. The van der Waals surface area contributed by atoms with E-state index in [1.165, 1.54) is 32.4 Å². The van der Waals surface area contributed by atoms with Crippen molar-refractivity contribution < 1.29 is 0 Å². The molecular weight excluding hydrogens is 184 g/mol. The lowest BCUT2D eigenvalue weighted by molar-refractivity contribution is 0.134. The summed E-state index contributed by atoms with van der Waals surface area (Å²) in [6, 6.07) is 1.45. The molecule has 0 spiro atoms. The Bertz CT molecular complexity index is 166. The van der Waals surface area contributed by atoms with Crippen LogP contribution in [-0.2, 0) is 0 Å². The van der Waals surface area contributed by atoms with Gasteiger partial charge in [-0.15, -0.1) is 0 Å². The molecule has 2 nitrogen and oxygen atoms in total. The van der Waals surface area contributed by atoms with Crippen molar-refractivity contribution in [3.05, 3.63) is 0 Å². The summed E-state index contributed by atoms with van der Waals surface area (Å²) in [6.07, 6.45) is 4.20. The molecular formula is C13H28N2. The summed E-state index contributed by atoms with van der Waals surface area (Å²) in [5.74, 6) is 0.735. The highest BCUT2D eigenvalue weighted by Crippen LogP contribution is 2.17. The number of likely N-dealkylation sites (tertiary alicyclic amines) is 1. The van der Waals surface area contributed by atoms with Crippen LogP contribution in [0.5, 0.6) is 0 Å². The predicted octanol–water partition coefficient (Wildman–Crippen LogP) is 2.49. The molecule has 0 aromatic rings. The Morgan fingerprint density at radius 1 is 1.33 bits per heavy atom. The molecule has 1 heterocycles. The minimum Gasteiger partial charge on any atom is -0.313 e. The smallest absolute Gasteiger partial charge is 0.0217 e. The van der Waals surface area contributed by atoms with Crippen molar-refractivity contribution >= 4 is 0 Å². The Morgan fingerprint density at radius 3 is 2.60 bits per heavy atom. The molecule has 2 heteroatoms. The molecule has 0 radical (unpaired) electrons. The molecule has 1 fully saturated rings. The zero-order valence-corrected chi connectivity index (χ0v) is 10.9. The predicted molar refractivity (Wildman–Crippen MR) is 67.2 cm³/mol. The van der Waals surface area contributed by atoms with Crippen LogP contribution in [0.25, 0.3) is 0 Å². The zero-order chi connectivity index (χ0) is 11.3. The van der Waals surface area contributed by atoms with E-state index >= 15 is 0 Å². The lowest BCUT2D eigenvalue weighted by Crippen LogP contribution is -2.48. The highest BCUT2D eigenvalue weighted by molar-refractivity contribution is 4.80. The number of nitrogens with zero attached hydrogens (tertiary/aromatic N) is 1. The van der Waals surface area contributed by atoms with Gasteiger partial charge in [0.05, 0.1) is 0 Å². The molecule has 0 amide bonds. The van der Waals surface area contributed by atoms with Crippen LogP contribution in [0.4, 0.5) is 0 Å². The second kappa shape index (κ2) is 6.49. The van der Waals surface area contributed by atoms with Crippen molar-refractivity contribution in [1.29, 1.82) is 0 Å². The normalized spacial score (nSPS) is 25.8. The van der Waals surface area contributed by atoms with Gasteiger partial charge in [0.1, 0.15) is 0 Å². The van der Waals surface area contributed by atoms with Gasteiger partial charge in [-0.05, 0) is 38.8 Å². The van der Waals surface area contributed by atoms with Gasteiger partial charge < -0.3 is 5.32 Å². The number of likely N-dealkylation sites (N-methyl/N-ethyl adjacent to an activating group) is 1. The quantitative estimate of drug-likeness (QED) is 0.753. The third-order valence-electron chi connectivity index (χ3n) is 3.64. The highest BCUT2D eigenvalue weighted by atomic mass is 15.2. The second-order valence-corrected chi connectivity index (χ2v) is 5.25. The molecule has 1 rings (SSSR count). The van der Waals surface area contributed by atoms with E-state index in [4.69, 9.17) is 0 Å². The molecule has 1 aliphatic heterocycles. The molecule has 0 aromatic heterocycles. The summed E-state index contributed by atoms with van der Waals surface area (Å²) in [5.41, 5.74) is 0. The fraction of sp³-hybridized carbons (Fsp3) is 1.00. The van der Waals surface area contributed by atoms with E-state index in [0.717, 1.165) is 18.5 Å². The van der Waals surface area contributed by atoms with Crippen LogP contribution in [0, 0.1) is 5.92 Å². The highest BCUT2D eigenvalue weighted by Gasteiger charge is 2.22. The maximum atomic E-state index is 3.61. The third-order valence-corrected chi connectivity index (χ3v) is 3.64. The van der Waals surface area contributed by atoms with Crippen LogP contribution >= 0.6 is 0 Å². The van der Waals surface area contributed by atoms with Crippen LogP contribution < -0.4 is 5.32 Å². The van der Waals surface area contributed by atoms with Gasteiger partial charge in [-0.3, -0.25) is 4.90 Å². The Hall–Kier alpha value is -0.0800. The summed E-state index contributed by atoms with van der Waals surface area (Å²) in [6.45, 7) is 12.8. The van der Waals surface area contributed by atoms with Gasteiger partial charge in [-0.2, -0.15) is 0 Å². The SMILES string of the molecule is CCNC(CN1CCCCC1C)C(C)C. The molecule has 2 unspecified atom stereocenters. The van der Waals surface area contributed by atoms with Gasteiger partial charge in [-0.1, -0.05) is 27.2 Å². The third kappa shape index (κ3) is 4.12. The van der Waals surface area contributed by atoms with Crippen LogP contribution in [0.2, 0.25) is 0 Å². The summed E-state index contributed by atoms with van der Waals surface area (Å²) < 4.78 is 0. The van der Waals surface area contributed by atoms with Crippen LogP contribution in [0.3, 0.4) is 0 Å². The minimum atomic E-state index is 0.663. The molecule has 0 saturated carbocycles. The van der Waals surface area contributed by atoms with Crippen molar-refractivity contribution in [3.8, 4) is 0 Å². The summed E-state index contributed by atoms with van der Waals surface area (Å²) in [4.78, 5) is 2.66. The van der Waals surface area contributed by atoms with Gasteiger partial charge in [0, 0.05) is 18.6 Å². The van der Waals surface area contributed by atoms with Crippen LogP contribution in [0.15, 0.2) is 0 Å². The first kappa shape index (κ1) is 13.0. The maximum Gasteiger partial charge on any atom is 0.0217 e. The summed E-state index contributed by atoms with van der Waals surface area (Å²) in [5, 5.41) is 3.61. The number of hydrogen-bond acceptors (Lipinski definition) is 2. The van der Waals surface area contributed by atoms with Gasteiger partial charge in [0.25, 0.3) is 0 Å². The van der Waals surface area contributed by atoms with Crippen molar-refractivity contribution in [3.63, 3.8) is 0 Å². The molecule has 0 bridgehead atoms. The topological polar surface area (TPSA) is 15.3 Å². The molecule has 2 atom stereocenters. The fourth-order valence-electron chi connectivity index (χ4n) is 2.45. The molecule has 15 heavy (non-hydrogen) atoms. The van der Waals surface area contributed by atoms with E-state index in [2.05, 4.69) is 37.9 Å². The molecule has 1 aliphatic rings. The van der Waals surface area contributed by atoms with E-state index in [9.17, 15) is 0 Å². The van der Waals surface area contributed by atoms with Gasteiger partial charge in [0.15, 0.2) is 0 Å². The molecule has 0 aliphatic carbocycles. The standard InChI is InChI=1S/C13H28N2/c1-5-14-13(11(2)3)10-15-9-7-6-8-12(15)4/h11-14H,5-10H2,1-4H3. The average Bonchev–Trinajstić information content (AvgIpc) is 2.20. The second-order valence-electron chi connectivity index (χ2n) is 5.25. The molecule has 1 saturated heterocycles. The van der Waals surface area contributed by atoms with Crippen molar-refractivity contribution in [2.24, 2.45) is 5.92 Å². The largest absolute Gasteiger partial charge is 0.313 e. The summed E-state index contributed by atoms with van der Waals surface area (Å²) in [7, 11) is 0. The van der Waals surface area contributed by atoms with Gasteiger partial charge in [0.2, 0.25) is 0 Å². The van der Waals surface area contributed by atoms with E-state index in [1.54, 1.807) is 0 Å². The number of hydrogen-bond donors (Lipinski definition) is 1. The number of piperidine rings is 1. The van der Waals surface area contributed by atoms with Crippen molar-refractivity contribution in [2.45, 2.75) is 59.0 Å². The Morgan fingerprint density at radius 2 is 2.07 bits per heavy atom. The van der Waals surface area contributed by atoms with Crippen molar-refractivity contribution in [2.75, 3.05) is 19.6 Å². The number of nitrogens with one attached hydrogen (secondary N) is 1. The van der Waals surface area contributed by atoms with Crippen molar-refractivity contribution in [1.82, 2.24) is 10.2 Å². The minimum absolute atomic E-state index is 0.663. The van der Waals surface area contributed by atoms with E-state index in [-0.39, 0.29) is 0 Å². The van der Waals surface area contributed by atoms with Crippen LogP contribution in [-0.4, -0.2) is 36.6 Å².